The Balaban J connectivity index is 2.99. The zero-order valence-corrected chi connectivity index (χ0v) is 14.1. The number of hydrogen-bond donors (Lipinski definition) is 2. The second-order valence-electron chi connectivity index (χ2n) is 5.96. The molecular formula is C14H26N4OS. The van der Waals surface area contributed by atoms with E-state index >= 15 is 0 Å². The fraction of sp³-hybridized carbons (Fsp3) is 0.714. The molecule has 0 saturated carbocycles. The molecular weight excluding hydrogens is 272 g/mol. The number of nitrogens with one attached hydrogen (secondary N) is 1. The minimum absolute atomic E-state index is 0.0289. The predicted molar refractivity (Wildman–Crippen MR) is 86.4 cm³/mol. The van der Waals surface area contributed by atoms with E-state index in [4.69, 9.17) is 5.73 Å². The second-order valence-corrected chi connectivity index (χ2v) is 6.96. The van der Waals surface area contributed by atoms with Crippen molar-refractivity contribution in [2.75, 3.05) is 17.6 Å². The Kier molecular flexibility index (Phi) is 5.39. The van der Waals surface area contributed by atoms with Gasteiger partial charge >= 0.3 is 0 Å². The van der Waals surface area contributed by atoms with Crippen LogP contribution in [0, 0.1) is 0 Å². The van der Waals surface area contributed by atoms with Crippen LogP contribution in [0.1, 0.15) is 57.6 Å². The Morgan fingerprint density at radius 1 is 1.45 bits per heavy atom. The Hall–Kier alpha value is -1.30. The van der Waals surface area contributed by atoms with Crippen molar-refractivity contribution < 1.29 is 4.79 Å². The van der Waals surface area contributed by atoms with Gasteiger partial charge in [-0.25, -0.2) is 4.98 Å². The molecule has 1 amide bonds. The molecule has 0 aliphatic carbocycles. The molecule has 5 nitrogen and oxygen atoms in total. The number of anilines is 2. The quantitative estimate of drug-likeness (QED) is 0.875. The summed E-state index contributed by atoms with van der Waals surface area (Å²) in [7, 11) is 0. The lowest BCUT2D eigenvalue weighted by atomic mass is 10.1. The molecule has 20 heavy (non-hydrogen) atoms. The summed E-state index contributed by atoms with van der Waals surface area (Å²) in [6.07, 6.45) is 0.922. The largest absolute Gasteiger partial charge is 0.382 e. The third-order valence-electron chi connectivity index (χ3n) is 3.05. The van der Waals surface area contributed by atoms with E-state index in [2.05, 4.69) is 17.2 Å². The minimum atomic E-state index is -0.105. The summed E-state index contributed by atoms with van der Waals surface area (Å²) < 4.78 is 0. The van der Waals surface area contributed by atoms with Crippen molar-refractivity contribution in [2.24, 2.45) is 0 Å². The van der Waals surface area contributed by atoms with Gasteiger partial charge in [-0.15, -0.1) is 0 Å². The molecule has 0 saturated heterocycles. The third kappa shape index (κ3) is 4.10. The molecule has 0 fully saturated rings. The molecule has 1 rings (SSSR count). The molecule has 1 heterocycles. The number of nitrogen functional groups attached to an aromatic ring is 1. The molecule has 1 aromatic heterocycles. The molecule has 0 aromatic carbocycles. The van der Waals surface area contributed by atoms with Crippen LogP contribution in [0.25, 0.3) is 0 Å². The molecule has 0 aliphatic rings. The standard InChI is InChI=1S/C14H26N4OS/c1-7-9(3)18(8-2)12(19)10-11(15)16-13(20-10)17-14(4,5)6/h9H,7-8,15H2,1-6H3,(H,16,17). The maximum absolute atomic E-state index is 12.6. The Bertz CT molecular complexity index is 464. The van der Waals surface area contributed by atoms with Crippen molar-refractivity contribution in [3.8, 4) is 0 Å². The number of rotatable bonds is 5. The number of carbonyl (C=O) groups is 1. The summed E-state index contributed by atoms with van der Waals surface area (Å²) in [5.41, 5.74) is 5.80. The molecule has 1 aromatic rings. The zero-order valence-electron chi connectivity index (χ0n) is 13.3. The van der Waals surface area contributed by atoms with E-state index in [1.807, 2.05) is 39.5 Å². The normalized spacial score (nSPS) is 13.1. The summed E-state index contributed by atoms with van der Waals surface area (Å²) in [4.78, 5) is 19.2. The van der Waals surface area contributed by atoms with Gasteiger partial charge in [0.05, 0.1) is 0 Å². The fourth-order valence-electron chi connectivity index (χ4n) is 1.87. The molecule has 6 heteroatoms. The second kappa shape index (κ2) is 6.43. The van der Waals surface area contributed by atoms with Crippen LogP contribution in [0.5, 0.6) is 0 Å². The summed E-state index contributed by atoms with van der Waals surface area (Å²) >= 11 is 1.33. The van der Waals surface area contributed by atoms with E-state index in [1.165, 1.54) is 11.3 Å². The maximum Gasteiger partial charge on any atom is 0.268 e. The highest BCUT2D eigenvalue weighted by molar-refractivity contribution is 7.18. The van der Waals surface area contributed by atoms with Crippen LogP contribution >= 0.6 is 11.3 Å². The van der Waals surface area contributed by atoms with Crippen molar-refractivity contribution in [1.82, 2.24) is 9.88 Å². The Labute approximate surface area is 125 Å². The van der Waals surface area contributed by atoms with Crippen LogP contribution in [-0.4, -0.2) is 33.9 Å². The molecule has 1 atom stereocenters. The fourth-order valence-corrected chi connectivity index (χ4v) is 2.92. The van der Waals surface area contributed by atoms with Crippen molar-refractivity contribution in [1.29, 1.82) is 0 Å². The van der Waals surface area contributed by atoms with Crippen molar-refractivity contribution in [2.45, 2.75) is 59.5 Å². The number of amides is 1. The Morgan fingerprint density at radius 2 is 2.05 bits per heavy atom. The van der Waals surface area contributed by atoms with Crippen molar-refractivity contribution in [3.05, 3.63) is 4.88 Å². The Morgan fingerprint density at radius 3 is 2.50 bits per heavy atom. The van der Waals surface area contributed by atoms with Gasteiger partial charge in [0.2, 0.25) is 0 Å². The van der Waals surface area contributed by atoms with Crippen LogP contribution in [-0.2, 0) is 0 Å². The molecule has 114 valence electrons. The van der Waals surface area contributed by atoms with E-state index in [9.17, 15) is 4.79 Å². The number of nitrogens with two attached hydrogens (primary N) is 1. The lowest BCUT2D eigenvalue weighted by Crippen LogP contribution is -2.38. The first-order valence-electron chi connectivity index (χ1n) is 7.05. The maximum atomic E-state index is 12.6. The average Bonchev–Trinajstić information content (AvgIpc) is 2.68. The average molecular weight is 298 g/mol. The van der Waals surface area contributed by atoms with Crippen LogP contribution in [0.2, 0.25) is 0 Å². The summed E-state index contributed by atoms with van der Waals surface area (Å²) in [6, 6.07) is 0.202. The molecule has 0 bridgehead atoms. The van der Waals surface area contributed by atoms with Crippen LogP contribution in [0.15, 0.2) is 0 Å². The van der Waals surface area contributed by atoms with Gasteiger partial charge in [0.25, 0.3) is 5.91 Å². The highest BCUT2D eigenvalue weighted by Crippen LogP contribution is 2.29. The monoisotopic (exact) mass is 298 g/mol. The number of thiazole rings is 1. The van der Waals surface area contributed by atoms with Gasteiger partial charge in [0.1, 0.15) is 10.7 Å². The SMILES string of the molecule is CCC(C)N(CC)C(=O)c1sc(NC(C)(C)C)nc1N. The lowest BCUT2D eigenvalue weighted by molar-refractivity contribution is 0.0706. The molecule has 0 radical (unpaired) electrons. The highest BCUT2D eigenvalue weighted by atomic mass is 32.1. The number of aromatic nitrogens is 1. The van der Waals surface area contributed by atoms with Gasteiger partial charge < -0.3 is 16.0 Å². The van der Waals surface area contributed by atoms with Crippen molar-refractivity contribution in [3.63, 3.8) is 0 Å². The van der Waals surface area contributed by atoms with E-state index in [0.717, 1.165) is 6.42 Å². The summed E-state index contributed by atoms with van der Waals surface area (Å²) in [5, 5.41) is 3.95. The summed E-state index contributed by atoms with van der Waals surface area (Å²) in [5.74, 6) is 0.285. The van der Waals surface area contributed by atoms with Crippen LogP contribution in [0.3, 0.4) is 0 Å². The van der Waals surface area contributed by atoms with Gasteiger partial charge in [-0.2, -0.15) is 0 Å². The predicted octanol–water partition coefficient (Wildman–Crippen LogP) is 3.20. The van der Waals surface area contributed by atoms with Crippen LogP contribution < -0.4 is 11.1 Å². The van der Waals surface area contributed by atoms with Gasteiger partial charge in [-0.3, -0.25) is 4.79 Å². The topological polar surface area (TPSA) is 71.2 Å². The minimum Gasteiger partial charge on any atom is -0.382 e. The molecule has 0 aliphatic heterocycles. The van der Waals surface area contributed by atoms with Crippen molar-refractivity contribution >= 4 is 28.2 Å². The lowest BCUT2D eigenvalue weighted by Gasteiger charge is -2.26. The number of nitrogens with zero attached hydrogens (tertiary/aromatic N) is 2. The third-order valence-corrected chi connectivity index (χ3v) is 4.03. The molecule has 1 unspecified atom stereocenters. The number of carbonyl (C=O) groups excluding carboxylic acids is 1. The van der Waals surface area contributed by atoms with E-state index in [0.29, 0.717) is 22.4 Å². The van der Waals surface area contributed by atoms with Crippen LogP contribution in [0.4, 0.5) is 10.9 Å². The first-order chi connectivity index (χ1) is 9.19. The zero-order chi connectivity index (χ0) is 15.5. The summed E-state index contributed by atoms with van der Waals surface area (Å²) in [6.45, 7) is 12.9. The first kappa shape index (κ1) is 16.8. The van der Waals surface area contributed by atoms with Gasteiger partial charge in [0.15, 0.2) is 5.13 Å². The van der Waals surface area contributed by atoms with Gasteiger partial charge in [-0.05, 0) is 41.0 Å². The van der Waals surface area contributed by atoms with E-state index in [1.54, 1.807) is 0 Å². The number of hydrogen-bond acceptors (Lipinski definition) is 5. The smallest absolute Gasteiger partial charge is 0.268 e. The van der Waals surface area contributed by atoms with E-state index < -0.39 is 0 Å². The van der Waals surface area contributed by atoms with Gasteiger partial charge in [0, 0.05) is 18.1 Å². The molecule has 3 N–H and O–H groups in total. The molecule has 0 spiro atoms. The van der Waals surface area contributed by atoms with Gasteiger partial charge in [-0.1, -0.05) is 18.3 Å². The van der Waals surface area contributed by atoms with E-state index in [-0.39, 0.29) is 17.5 Å². The highest BCUT2D eigenvalue weighted by Gasteiger charge is 2.25. The first-order valence-corrected chi connectivity index (χ1v) is 7.86.